The van der Waals surface area contributed by atoms with Crippen molar-refractivity contribution >= 4 is 0 Å². The molecule has 0 fully saturated rings. The minimum Gasteiger partial charge on any atom is -0.391 e. The molecular weight excluding hydrogens is 226 g/mol. The fourth-order valence-corrected chi connectivity index (χ4v) is 2.18. The van der Waals surface area contributed by atoms with Gasteiger partial charge in [-0.2, -0.15) is 0 Å². The Morgan fingerprint density at radius 2 is 1.89 bits per heavy atom. The maximum atomic E-state index is 12.0. The fraction of sp³-hybridized carbons (Fsp3) is 0.267. The highest BCUT2D eigenvalue weighted by Gasteiger charge is 2.08. The molecule has 0 amide bonds. The van der Waals surface area contributed by atoms with Crippen LogP contribution in [-0.2, 0) is 13.7 Å². The molecule has 0 atom stereocenters. The summed E-state index contributed by atoms with van der Waals surface area (Å²) in [6.45, 7) is 3.86. The van der Waals surface area contributed by atoms with Crippen molar-refractivity contribution in [2.45, 2.75) is 20.5 Å². The standard InChI is InChI=1S/C15H17NO2/c1-10-4-6-13(11(2)8-10)14-7-5-12(9-17)15(18)16(14)3/h4-8,17H,9H2,1-3H3. The first kappa shape index (κ1) is 12.6. The van der Waals surface area contributed by atoms with Gasteiger partial charge in [0.2, 0.25) is 0 Å². The molecule has 1 N–H and O–H groups in total. The minimum atomic E-state index is -0.222. The van der Waals surface area contributed by atoms with Gasteiger partial charge in [0.15, 0.2) is 0 Å². The van der Waals surface area contributed by atoms with Gasteiger partial charge in [-0.25, -0.2) is 0 Å². The van der Waals surface area contributed by atoms with Crippen LogP contribution in [-0.4, -0.2) is 9.67 Å². The van der Waals surface area contributed by atoms with Gasteiger partial charge in [0.25, 0.3) is 5.56 Å². The lowest BCUT2D eigenvalue weighted by Crippen LogP contribution is -2.22. The number of aliphatic hydroxyl groups excluding tert-OH is 1. The Bertz CT molecular complexity index is 641. The SMILES string of the molecule is Cc1ccc(-c2ccc(CO)c(=O)n2C)c(C)c1. The van der Waals surface area contributed by atoms with Crippen molar-refractivity contribution in [3.8, 4) is 11.3 Å². The summed E-state index contributed by atoms with van der Waals surface area (Å²) >= 11 is 0. The molecule has 0 unspecified atom stereocenters. The van der Waals surface area contributed by atoms with E-state index in [0.717, 1.165) is 16.8 Å². The Morgan fingerprint density at radius 1 is 1.17 bits per heavy atom. The molecule has 0 aliphatic rings. The van der Waals surface area contributed by atoms with Crippen molar-refractivity contribution in [1.29, 1.82) is 0 Å². The van der Waals surface area contributed by atoms with Crippen LogP contribution < -0.4 is 5.56 Å². The van der Waals surface area contributed by atoms with E-state index in [1.54, 1.807) is 17.7 Å². The third-order valence-corrected chi connectivity index (χ3v) is 3.21. The quantitative estimate of drug-likeness (QED) is 0.878. The third-order valence-electron chi connectivity index (χ3n) is 3.21. The average molecular weight is 243 g/mol. The molecule has 0 radical (unpaired) electrons. The normalized spacial score (nSPS) is 10.7. The maximum absolute atomic E-state index is 12.0. The molecule has 3 nitrogen and oxygen atoms in total. The Hall–Kier alpha value is -1.87. The van der Waals surface area contributed by atoms with Gasteiger partial charge in [0, 0.05) is 18.2 Å². The molecular formula is C15H17NO2. The summed E-state index contributed by atoms with van der Waals surface area (Å²) in [6, 6.07) is 9.73. The zero-order valence-corrected chi connectivity index (χ0v) is 10.9. The van der Waals surface area contributed by atoms with Crippen LogP contribution >= 0.6 is 0 Å². The number of nitrogens with zero attached hydrogens (tertiary/aromatic N) is 1. The number of rotatable bonds is 2. The number of pyridine rings is 1. The number of aromatic nitrogens is 1. The average Bonchev–Trinajstić information content (AvgIpc) is 2.34. The van der Waals surface area contributed by atoms with Gasteiger partial charge < -0.3 is 9.67 Å². The first-order valence-electron chi connectivity index (χ1n) is 5.92. The molecule has 0 spiro atoms. The van der Waals surface area contributed by atoms with Crippen molar-refractivity contribution in [3.05, 3.63) is 57.4 Å². The second-order valence-corrected chi connectivity index (χ2v) is 4.58. The lowest BCUT2D eigenvalue weighted by Gasteiger charge is -2.12. The molecule has 94 valence electrons. The molecule has 1 aromatic carbocycles. The summed E-state index contributed by atoms with van der Waals surface area (Å²) in [5, 5.41) is 9.08. The fourth-order valence-electron chi connectivity index (χ4n) is 2.18. The summed E-state index contributed by atoms with van der Waals surface area (Å²) in [5.74, 6) is 0. The van der Waals surface area contributed by atoms with Gasteiger partial charge in [-0.3, -0.25) is 4.79 Å². The summed E-state index contributed by atoms with van der Waals surface area (Å²) in [7, 11) is 1.73. The summed E-state index contributed by atoms with van der Waals surface area (Å²) in [4.78, 5) is 12.0. The smallest absolute Gasteiger partial charge is 0.256 e. The highest BCUT2D eigenvalue weighted by Crippen LogP contribution is 2.22. The number of benzene rings is 1. The maximum Gasteiger partial charge on any atom is 0.256 e. The molecule has 0 aliphatic heterocycles. The largest absolute Gasteiger partial charge is 0.391 e. The highest BCUT2D eigenvalue weighted by atomic mass is 16.3. The van der Waals surface area contributed by atoms with Crippen LogP contribution in [0.1, 0.15) is 16.7 Å². The molecule has 0 saturated heterocycles. The predicted octanol–water partition coefficient (Wildman–Crippen LogP) is 2.16. The second-order valence-electron chi connectivity index (χ2n) is 4.58. The zero-order valence-electron chi connectivity index (χ0n) is 10.9. The first-order chi connectivity index (χ1) is 8.54. The van der Waals surface area contributed by atoms with Gasteiger partial charge in [-0.15, -0.1) is 0 Å². The minimum absolute atomic E-state index is 0.144. The van der Waals surface area contributed by atoms with Gasteiger partial charge in [0.1, 0.15) is 0 Å². The molecule has 0 aliphatic carbocycles. The van der Waals surface area contributed by atoms with Crippen LogP contribution in [0.3, 0.4) is 0 Å². The van der Waals surface area contributed by atoms with Gasteiger partial charge in [-0.1, -0.05) is 23.8 Å². The van der Waals surface area contributed by atoms with Crippen LogP contribution in [0.15, 0.2) is 35.1 Å². The van der Waals surface area contributed by atoms with Crippen LogP contribution in [0.5, 0.6) is 0 Å². The van der Waals surface area contributed by atoms with Crippen LogP contribution in [0.25, 0.3) is 11.3 Å². The molecule has 2 aromatic rings. The lowest BCUT2D eigenvalue weighted by atomic mass is 10.0. The van der Waals surface area contributed by atoms with Crippen molar-refractivity contribution in [2.24, 2.45) is 7.05 Å². The summed E-state index contributed by atoms with van der Waals surface area (Å²) in [6.07, 6.45) is 0. The van der Waals surface area contributed by atoms with Crippen molar-refractivity contribution in [3.63, 3.8) is 0 Å². The van der Waals surface area contributed by atoms with E-state index in [1.165, 1.54) is 5.56 Å². The number of aryl methyl sites for hydroxylation is 2. The van der Waals surface area contributed by atoms with Gasteiger partial charge in [0.05, 0.1) is 12.3 Å². The van der Waals surface area contributed by atoms with Gasteiger partial charge in [-0.05, 0) is 31.5 Å². The van der Waals surface area contributed by atoms with Crippen molar-refractivity contribution in [1.82, 2.24) is 4.57 Å². The van der Waals surface area contributed by atoms with Gasteiger partial charge >= 0.3 is 0 Å². The Kier molecular flexibility index (Phi) is 3.34. The lowest BCUT2D eigenvalue weighted by molar-refractivity contribution is 0.279. The second kappa shape index (κ2) is 4.78. The van der Waals surface area contributed by atoms with E-state index in [9.17, 15) is 4.79 Å². The molecule has 1 heterocycles. The van der Waals surface area contributed by atoms with Crippen LogP contribution in [0, 0.1) is 13.8 Å². The Labute approximate surface area is 106 Å². The number of hydrogen-bond acceptors (Lipinski definition) is 2. The summed E-state index contributed by atoms with van der Waals surface area (Å²) < 4.78 is 1.59. The third kappa shape index (κ3) is 2.09. The van der Waals surface area contributed by atoms with E-state index < -0.39 is 0 Å². The first-order valence-corrected chi connectivity index (χ1v) is 5.92. The number of hydrogen-bond donors (Lipinski definition) is 1. The molecule has 0 bridgehead atoms. The predicted molar refractivity (Wildman–Crippen MR) is 72.5 cm³/mol. The van der Waals surface area contributed by atoms with E-state index >= 15 is 0 Å². The molecule has 1 aromatic heterocycles. The van der Waals surface area contributed by atoms with E-state index in [4.69, 9.17) is 5.11 Å². The highest BCUT2D eigenvalue weighted by molar-refractivity contribution is 5.64. The Balaban J connectivity index is 2.65. The zero-order chi connectivity index (χ0) is 13.3. The molecule has 0 saturated carbocycles. The Morgan fingerprint density at radius 3 is 2.50 bits per heavy atom. The van der Waals surface area contributed by atoms with Crippen molar-refractivity contribution < 1.29 is 5.11 Å². The van der Waals surface area contributed by atoms with Crippen LogP contribution in [0.2, 0.25) is 0 Å². The van der Waals surface area contributed by atoms with Crippen molar-refractivity contribution in [2.75, 3.05) is 0 Å². The van der Waals surface area contributed by atoms with E-state index in [1.807, 2.05) is 32.0 Å². The topological polar surface area (TPSA) is 42.2 Å². The van der Waals surface area contributed by atoms with Crippen LogP contribution in [0.4, 0.5) is 0 Å². The molecule has 3 heteroatoms. The molecule has 2 rings (SSSR count). The summed E-state index contributed by atoms with van der Waals surface area (Å²) in [5.41, 5.74) is 4.54. The van der Waals surface area contributed by atoms with E-state index in [0.29, 0.717) is 5.56 Å². The monoisotopic (exact) mass is 243 g/mol. The van der Waals surface area contributed by atoms with E-state index in [-0.39, 0.29) is 12.2 Å². The number of aliphatic hydroxyl groups is 1. The van der Waals surface area contributed by atoms with E-state index in [2.05, 4.69) is 6.07 Å². The molecule has 18 heavy (non-hydrogen) atoms.